The smallest absolute Gasteiger partial charge is 0.292 e. The summed E-state index contributed by atoms with van der Waals surface area (Å²) in [6.45, 7) is 1.44. The van der Waals surface area contributed by atoms with Crippen LogP contribution < -0.4 is 10.6 Å². The van der Waals surface area contributed by atoms with E-state index >= 15 is 0 Å². The van der Waals surface area contributed by atoms with Crippen LogP contribution in [0.3, 0.4) is 0 Å². The van der Waals surface area contributed by atoms with E-state index in [1.54, 1.807) is 35.0 Å². The molecule has 1 aromatic rings. The van der Waals surface area contributed by atoms with Crippen LogP contribution in [-0.4, -0.2) is 48.5 Å². The lowest BCUT2D eigenvalue weighted by molar-refractivity contribution is -0.384. The van der Waals surface area contributed by atoms with Crippen molar-refractivity contribution in [1.29, 1.82) is 0 Å². The molecule has 2 rings (SSSR count). The number of amides is 1. The Morgan fingerprint density at radius 3 is 2.59 bits per heavy atom. The van der Waals surface area contributed by atoms with E-state index in [9.17, 15) is 14.9 Å². The number of piperidine rings is 1. The third kappa shape index (κ3) is 4.32. The molecule has 1 aromatic carbocycles. The first-order valence-electron chi connectivity index (χ1n) is 6.97. The fraction of sp³-hybridized carbons (Fsp3) is 0.500. The maximum atomic E-state index is 12.2. The third-order valence-corrected chi connectivity index (χ3v) is 3.75. The molecule has 0 unspecified atom stereocenters. The maximum absolute atomic E-state index is 12.2. The summed E-state index contributed by atoms with van der Waals surface area (Å²) < 4.78 is 0. The van der Waals surface area contributed by atoms with Crippen LogP contribution in [0.2, 0.25) is 0 Å². The van der Waals surface area contributed by atoms with E-state index in [0.717, 1.165) is 12.8 Å². The number of nitro benzene ring substituents is 1. The van der Waals surface area contributed by atoms with Crippen molar-refractivity contribution in [3.8, 4) is 0 Å². The number of carbonyl (C=O) groups excluding carboxylic acids is 1. The monoisotopic (exact) mass is 328 g/mol. The first-order chi connectivity index (χ1) is 9.99. The summed E-state index contributed by atoms with van der Waals surface area (Å²) in [5.74, 6) is -0.0254. The first kappa shape index (κ1) is 18.2. The van der Waals surface area contributed by atoms with Gasteiger partial charge < -0.3 is 15.5 Å². The number of hydrogen-bond acceptors (Lipinski definition) is 5. The number of benzene rings is 1. The van der Waals surface area contributed by atoms with Crippen LogP contribution in [0.15, 0.2) is 24.3 Å². The number of halogens is 1. The molecule has 0 bridgehead atoms. The molecule has 0 atom stereocenters. The topological polar surface area (TPSA) is 92.7 Å². The van der Waals surface area contributed by atoms with Crippen molar-refractivity contribution < 1.29 is 9.72 Å². The summed E-state index contributed by atoms with van der Waals surface area (Å²) in [5.41, 5.74) is 6.28. The van der Waals surface area contributed by atoms with Gasteiger partial charge in [-0.25, -0.2) is 0 Å². The Morgan fingerprint density at radius 1 is 1.41 bits per heavy atom. The molecule has 1 aliphatic rings. The van der Waals surface area contributed by atoms with Gasteiger partial charge in [-0.3, -0.25) is 14.9 Å². The summed E-state index contributed by atoms with van der Waals surface area (Å²) in [4.78, 5) is 26.2. The van der Waals surface area contributed by atoms with Crippen LogP contribution in [0.4, 0.5) is 11.4 Å². The van der Waals surface area contributed by atoms with E-state index in [1.807, 2.05) is 0 Å². The number of nitrogens with zero attached hydrogens (tertiary/aromatic N) is 3. The number of rotatable bonds is 4. The summed E-state index contributed by atoms with van der Waals surface area (Å²) in [6.07, 6.45) is 1.61. The van der Waals surface area contributed by atoms with Gasteiger partial charge in [0.05, 0.1) is 11.5 Å². The summed E-state index contributed by atoms with van der Waals surface area (Å²) in [6, 6.07) is 6.60. The lowest BCUT2D eigenvalue weighted by Gasteiger charge is -2.31. The highest BCUT2D eigenvalue weighted by Crippen LogP contribution is 2.26. The van der Waals surface area contributed by atoms with Crippen molar-refractivity contribution in [1.82, 2.24) is 4.90 Å². The van der Waals surface area contributed by atoms with Crippen molar-refractivity contribution in [3.05, 3.63) is 34.4 Å². The molecule has 1 aliphatic heterocycles. The van der Waals surface area contributed by atoms with Gasteiger partial charge in [0.25, 0.3) is 5.69 Å². The highest BCUT2D eigenvalue weighted by molar-refractivity contribution is 5.85. The average Bonchev–Trinajstić information content (AvgIpc) is 2.47. The quantitative estimate of drug-likeness (QED) is 0.666. The number of likely N-dealkylation sites (N-methyl/N-ethyl adjacent to an activating group) is 1. The number of anilines is 1. The zero-order valence-corrected chi connectivity index (χ0v) is 13.3. The van der Waals surface area contributed by atoms with Crippen LogP contribution in [0.1, 0.15) is 12.8 Å². The van der Waals surface area contributed by atoms with Gasteiger partial charge in [0, 0.05) is 32.2 Å². The normalized spacial score (nSPS) is 15.1. The predicted octanol–water partition coefficient (Wildman–Crippen LogP) is 1.40. The summed E-state index contributed by atoms with van der Waals surface area (Å²) in [5, 5.41) is 11.0. The Balaban J connectivity index is 0.00000242. The van der Waals surface area contributed by atoms with Gasteiger partial charge in [0.1, 0.15) is 5.69 Å². The van der Waals surface area contributed by atoms with E-state index in [2.05, 4.69) is 0 Å². The van der Waals surface area contributed by atoms with Gasteiger partial charge in [0.15, 0.2) is 0 Å². The highest BCUT2D eigenvalue weighted by atomic mass is 35.5. The molecule has 0 saturated carbocycles. The molecule has 0 aromatic heterocycles. The highest BCUT2D eigenvalue weighted by Gasteiger charge is 2.23. The minimum absolute atomic E-state index is 0. The van der Waals surface area contributed by atoms with Gasteiger partial charge in [-0.2, -0.15) is 0 Å². The molecule has 1 fully saturated rings. The Bertz CT molecular complexity index is 533. The second-order valence-corrected chi connectivity index (χ2v) is 5.32. The molecular weight excluding hydrogens is 308 g/mol. The first-order valence-corrected chi connectivity index (χ1v) is 6.97. The van der Waals surface area contributed by atoms with Crippen LogP contribution in [0.25, 0.3) is 0 Å². The van der Waals surface area contributed by atoms with Gasteiger partial charge in [-0.05, 0) is 18.9 Å². The van der Waals surface area contributed by atoms with E-state index in [4.69, 9.17) is 5.73 Å². The molecule has 7 nitrogen and oxygen atoms in total. The van der Waals surface area contributed by atoms with Crippen molar-refractivity contribution in [2.24, 2.45) is 5.73 Å². The lowest BCUT2D eigenvalue weighted by Crippen LogP contribution is -2.46. The Morgan fingerprint density at radius 2 is 2.00 bits per heavy atom. The number of para-hydroxylation sites is 2. The molecule has 0 radical (unpaired) electrons. The molecule has 2 N–H and O–H groups in total. The minimum atomic E-state index is -0.434. The van der Waals surface area contributed by atoms with Crippen molar-refractivity contribution in [3.63, 3.8) is 0 Å². The maximum Gasteiger partial charge on any atom is 0.292 e. The fourth-order valence-electron chi connectivity index (χ4n) is 2.48. The van der Waals surface area contributed by atoms with Crippen molar-refractivity contribution >= 4 is 29.7 Å². The Labute approximate surface area is 135 Å². The molecule has 1 amide bonds. The third-order valence-electron chi connectivity index (χ3n) is 3.75. The molecule has 1 heterocycles. The molecule has 1 saturated heterocycles. The van der Waals surface area contributed by atoms with Crippen LogP contribution in [0.5, 0.6) is 0 Å². The number of hydrogen-bond donors (Lipinski definition) is 1. The molecule has 122 valence electrons. The van der Waals surface area contributed by atoms with Gasteiger partial charge in [-0.1, -0.05) is 12.1 Å². The Kier molecular flexibility index (Phi) is 6.58. The van der Waals surface area contributed by atoms with E-state index in [-0.39, 0.29) is 36.6 Å². The van der Waals surface area contributed by atoms with Gasteiger partial charge in [-0.15, -0.1) is 12.4 Å². The summed E-state index contributed by atoms with van der Waals surface area (Å²) >= 11 is 0. The van der Waals surface area contributed by atoms with E-state index < -0.39 is 4.92 Å². The minimum Gasteiger partial charge on any atom is -0.360 e. The van der Waals surface area contributed by atoms with Crippen molar-refractivity contribution in [2.45, 2.75) is 18.9 Å². The summed E-state index contributed by atoms with van der Waals surface area (Å²) in [7, 11) is 1.69. The second kappa shape index (κ2) is 7.95. The lowest BCUT2D eigenvalue weighted by atomic mass is 10.1. The van der Waals surface area contributed by atoms with Gasteiger partial charge in [0.2, 0.25) is 5.91 Å². The predicted molar refractivity (Wildman–Crippen MR) is 87.4 cm³/mol. The van der Waals surface area contributed by atoms with Crippen LogP contribution >= 0.6 is 12.4 Å². The standard InChI is InChI=1S/C14H20N4O3.ClH/c1-16(12-4-2-3-5-13(12)18(20)21)10-14(19)17-8-6-11(15)7-9-17;/h2-5,11H,6-10,15H2,1H3;1H. The number of carbonyl (C=O) groups is 1. The van der Waals surface area contributed by atoms with Crippen LogP contribution in [-0.2, 0) is 4.79 Å². The zero-order chi connectivity index (χ0) is 15.4. The molecule has 8 heteroatoms. The average molecular weight is 329 g/mol. The largest absolute Gasteiger partial charge is 0.360 e. The molecule has 0 spiro atoms. The molecule has 0 aliphatic carbocycles. The Hall–Kier alpha value is -1.86. The number of likely N-dealkylation sites (tertiary alicyclic amines) is 1. The second-order valence-electron chi connectivity index (χ2n) is 5.32. The zero-order valence-electron chi connectivity index (χ0n) is 12.5. The van der Waals surface area contributed by atoms with Crippen LogP contribution in [0, 0.1) is 10.1 Å². The fourth-order valence-corrected chi connectivity index (χ4v) is 2.48. The molecule has 22 heavy (non-hydrogen) atoms. The number of nitrogens with two attached hydrogens (primary N) is 1. The van der Waals surface area contributed by atoms with Crippen molar-refractivity contribution in [2.75, 3.05) is 31.6 Å². The SMILES string of the molecule is CN(CC(=O)N1CCC(N)CC1)c1ccccc1[N+](=O)[O-].Cl. The number of nitro groups is 1. The van der Waals surface area contributed by atoms with E-state index in [1.165, 1.54) is 6.07 Å². The van der Waals surface area contributed by atoms with E-state index in [0.29, 0.717) is 18.8 Å². The van der Waals surface area contributed by atoms with Gasteiger partial charge >= 0.3 is 0 Å². The molecular formula is C14H21ClN4O3.